The molecule has 0 bridgehead atoms. The Bertz CT molecular complexity index is 584. The number of hydrogen-bond acceptors (Lipinski definition) is 4. The van der Waals surface area contributed by atoms with Crippen LogP contribution in [0.4, 0.5) is 17.2 Å². The summed E-state index contributed by atoms with van der Waals surface area (Å²) in [6.07, 6.45) is 1.74. The van der Waals surface area contributed by atoms with Gasteiger partial charge in [-0.2, -0.15) is 5.26 Å². The standard InChI is InChI=1S/C13H12N4/c1-9-5-12(15)13(16-8-9)17-11-4-2-3-10(6-11)7-14/h2-6,8H,15H2,1H3,(H,16,17). The highest BCUT2D eigenvalue weighted by Gasteiger charge is 2.02. The lowest BCUT2D eigenvalue weighted by Gasteiger charge is -2.08. The number of pyridine rings is 1. The van der Waals surface area contributed by atoms with Crippen LogP contribution in [0.2, 0.25) is 0 Å². The van der Waals surface area contributed by atoms with Crippen molar-refractivity contribution in [2.75, 3.05) is 11.1 Å². The number of nitrogens with one attached hydrogen (secondary N) is 1. The van der Waals surface area contributed by atoms with Crippen LogP contribution in [0.15, 0.2) is 36.5 Å². The molecule has 0 atom stereocenters. The summed E-state index contributed by atoms with van der Waals surface area (Å²) in [5.41, 5.74) is 8.85. The van der Waals surface area contributed by atoms with E-state index in [1.807, 2.05) is 25.1 Å². The number of hydrogen-bond donors (Lipinski definition) is 2. The smallest absolute Gasteiger partial charge is 0.153 e. The maximum absolute atomic E-state index is 8.80. The molecule has 2 rings (SSSR count). The van der Waals surface area contributed by atoms with Crippen LogP contribution in [-0.2, 0) is 0 Å². The zero-order chi connectivity index (χ0) is 12.3. The van der Waals surface area contributed by atoms with Crippen LogP contribution >= 0.6 is 0 Å². The maximum atomic E-state index is 8.80. The molecular formula is C13H12N4. The number of aryl methyl sites for hydroxylation is 1. The van der Waals surface area contributed by atoms with Gasteiger partial charge < -0.3 is 11.1 Å². The van der Waals surface area contributed by atoms with Crippen LogP contribution in [0.3, 0.4) is 0 Å². The Balaban J connectivity index is 2.28. The zero-order valence-corrected chi connectivity index (χ0v) is 9.44. The molecule has 0 saturated heterocycles. The molecule has 0 aliphatic heterocycles. The van der Waals surface area contributed by atoms with Crippen LogP contribution in [0.25, 0.3) is 0 Å². The van der Waals surface area contributed by atoms with Crippen molar-refractivity contribution in [3.63, 3.8) is 0 Å². The number of nitrogens with two attached hydrogens (primary N) is 1. The summed E-state index contributed by atoms with van der Waals surface area (Å²) in [7, 11) is 0. The van der Waals surface area contributed by atoms with Gasteiger partial charge in [0.25, 0.3) is 0 Å². The summed E-state index contributed by atoms with van der Waals surface area (Å²) in [5.74, 6) is 0.602. The lowest BCUT2D eigenvalue weighted by Crippen LogP contribution is -1.99. The van der Waals surface area contributed by atoms with Crippen molar-refractivity contribution in [1.29, 1.82) is 5.26 Å². The van der Waals surface area contributed by atoms with E-state index in [9.17, 15) is 0 Å². The molecule has 3 N–H and O–H groups in total. The van der Waals surface area contributed by atoms with Crippen molar-refractivity contribution < 1.29 is 0 Å². The Morgan fingerprint density at radius 2 is 2.18 bits per heavy atom. The number of benzene rings is 1. The molecule has 0 amide bonds. The molecule has 84 valence electrons. The molecule has 0 radical (unpaired) electrons. The topological polar surface area (TPSA) is 74.7 Å². The predicted molar refractivity (Wildman–Crippen MR) is 67.8 cm³/mol. The second-order valence-electron chi connectivity index (χ2n) is 3.77. The Morgan fingerprint density at radius 1 is 1.35 bits per heavy atom. The first-order valence-electron chi connectivity index (χ1n) is 5.18. The number of anilines is 3. The minimum absolute atomic E-state index is 0.590. The summed E-state index contributed by atoms with van der Waals surface area (Å²) in [6, 6.07) is 11.1. The van der Waals surface area contributed by atoms with Gasteiger partial charge in [0.1, 0.15) is 0 Å². The van der Waals surface area contributed by atoms with E-state index in [-0.39, 0.29) is 0 Å². The van der Waals surface area contributed by atoms with E-state index in [2.05, 4.69) is 16.4 Å². The van der Waals surface area contributed by atoms with E-state index in [0.29, 0.717) is 17.1 Å². The van der Waals surface area contributed by atoms with Crippen molar-refractivity contribution in [2.24, 2.45) is 0 Å². The monoisotopic (exact) mass is 224 g/mol. The van der Waals surface area contributed by atoms with Crippen LogP contribution in [0.1, 0.15) is 11.1 Å². The summed E-state index contributed by atoms with van der Waals surface area (Å²) < 4.78 is 0. The Kier molecular flexibility index (Phi) is 2.93. The largest absolute Gasteiger partial charge is 0.396 e. The van der Waals surface area contributed by atoms with Gasteiger partial charge in [-0.25, -0.2) is 4.98 Å². The zero-order valence-electron chi connectivity index (χ0n) is 9.44. The molecule has 0 aliphatic carbocycles. The van der Waals surface area contributed by atoms with Crippen molar-refractivity contribution in [3.05, 3.63) is 47.7 Å². The van der Waals surface area contributed by atoms with Crippen LogP contribution in [-0.4, -0.2) is 4.98 Å². The first-order valence-corrected chi connectivity index (χ1v) is 5.18. The number of nitrogen functional groups attached to an aromatic ring is 1. The Labute approximate surface area is 99.7 Å². The molecule has 1 aromatic carbocycles. The second kappa shape index (κ2) is 4.54. The molecule has 1 heterocycles. The highest BCUT2D eigenvalue weighted by molar-refractivity contribution is 5.69. The molecule has 4 heteroatoms. The van der Waals surface area contributed by atoms with Gasteiger partial charge in [-0.3, -0.25) is 0 Å². The molecule has 2 aromatic rings. The molecule has 4 nitrogen and oxygen atoms in total. The Hall–Kier alpha value is -2.54. The van der Waals surface area contributed by atoms with Gasteiger partial charge in [-0.1, -0.05) is 6.07 Å². The van der Waals surface area contributed by atoms with E-state index in [4.69, 9.17) is 11.0 Å². The van der Waals surface area contributed by atoms with Crippen LogP contribution in [0.5, 0.6) is 0 Å². The molecule has 0 saturated carbocycles. The number of aromatic nitrogens is 1. The molecule has 0 spiro atoms. The minimum atomic E-state index is 0.590. The summed E-state index contributed by atoms with van der Waals surface area (Å²) in [6.45, 7) is 1.93. The van der Waals surface area contributed by atoms with E-state index >= 15 is 0 Å². The summed E-state index contributed by atoms with van der Waals surface area (Å²) in [5, 5.41) is 11.9. The lowest BCUT2D eigenvalue weighted by molar-refractivity contribution is 1.26. The highest BCUT2D eigenvalue weighted by atomic mass is 15.0. The third kappa shape index (κ3) is 2.52. The van der Waals surface area contributed by atoms with Gasteiger partial charge in [0, 0.05) is 11.9 Å². The van der Waals surface area contributed by atoms with E-state index < -0.39 is 0 Å². The minimum Gasteiger partial charge on any atom is -0.396 e. The summed E-state index contributed by atoms with van der Waals surface area (Å²) in [4.78, 5) is 4.21. The average molecular weight is 224 g/mol. The molecular weight excluding hydrogens is 212 g/mol. The quantitative estimate of drug-likeness (QED) is 0.822. The Morgan fingerprint density at radius 3 is 2.88 bits per heavy atom. The van der Waals surface area contributed by atoms with Gasteiger partial charge in [0.2, 0.25) is 0 Å². The van der Waals surface area contributed by atoms with Gasteiger partial charge in [-0.05, 0) is 36.8 Å². The third-order valence-electron chi connectivity index (χ3n) is 2.31. The first kappa shape index (κ1) is 11.0. The molecule has 1 aromatic heterocycles. The SMILES string of the molecule is Cc1cnc(Nc2cccc(C#N)c2)c(N)c1. The fraction of sp³-hybridized carbons (Fsp3) is 0.0769. The molecule has 0 aliphatic rings. The fourth-order valence-corrected chi connectivity index (χ4v) is 1.50. The normalized spacial score (nSPS) is 9.65. The third-order valence-corrected chi connectivity index (χ3v) is 2.31. The van der Waals surface area contributed by atoms with Crippen LogP contribution in [0, 0.1) is 18.3 Å². The molecule has 17 heavy (non-hydrogen) atoms. The molecule has 0 fully saturated rings. The average Bonchev–Trinajstić information content (AvgIpc) is 2.33. The van der Waals surface area contributed by atoms with Crippen molar-refractivity contribution in [1.82, 2.24) is 4.98 Å². The van der Waals surface area contributed by atoms with Gasteiger partial charge >= 0.3 is 0 Å². The number of nitrogens with zero attached hydrogens (tertiary/aromatic N) is 2. The van der Waals surface area contributed by atoms with Crippen molar-refractivity contribution in [2.45, 2.75) is 6.92 Å². The van der Waals surface area contributed by atoms with Gasteiger partial charge in [0.05, 0.1) is 17.3 Å². The fourth-order valence-electron chi connectivity index (χ4n) is 1.50. The second-order valence-corrected chi connectivity index (χ2v) is 3.77. The van der Waals surface area contributed by atoms with Crippen molar-refractivity contribution >= 4 is 17.2 Å². The predicted octanol–water partition coefficient (Wildman–Crippen LogP) is 2.59. The van der Waals surface area contributed by atoms with Gasteiger partial charge in [-0.15, -0.1) is 0 Å². The number of nitriles is 1. The van der Waals surface area contributed by atoms with Crippen LogP contribution < -0.4 is 11.1 Å². The maximum Gasteiger partial charge on any atom is 0.153 e. The van der Waals surface area contributed by atoms with E-state index in [1.165, 1.54) is 0 Å². The molecule has 0 unspecified atom stereocenters. The first-order chi connectivity index (χ1) is 8.19. The van der Waals surface area contributed by atoms with E-state index in [0.717, 1.165) is 11.3 Å². The number of rotatable bonds is 2. The highest BCUT2D eigenvalue weighted by Crippen LogP contribution is 2.21. The lowest BCUT2D eigenvalue weighted by atomic mass is 10.2. The van der Waals surface area contributed by atoms with Gasteiger partial charge in [0.15, 0.2) is 5.82 Å². The summed E-state index contributed by atoms with van der Waals surface area (Å²) >= 11 is 0. The van der Waals surface area contributed by atoms with Crippen molar-refractivity contribution in [3.8, 4) is 6.07 Å². The van der Waals surface area contributed by atoms with E-state index in [1.54, 1.807) is 18.3 Å².